The highest BCUT2D eigenvalue weighted by atomic mass is 16.5. The van der Waals surface area contributed by atoms with E-state index >= 15 is 0 Å². The van der Waals surface area contributed by atoms with Gasteiger partial charge in [-0.25, -0.2) is 4.79 Å². The van der Waals surface area contributed by atoms with Crippen molar-refractivity contribution in [2.75, 3.05) is 13.2 Å². The minimum atomic E-state index is -0.381. The van der Waals surface area contributed by atoms with E-state index in [1.54, 1.807) is 0 Å². The average molecular weight is 382 g/mol. The van der Waals surface area contributed by atoms with Crippen LogP contribution in [0.25, 0.3) is 5.57 Å². The van der Waals surface area contributed by atoms with Crippen molar-refractivity contribution in [3.05, 3.63) is 107 Å². The molecule has 1 atom stereocenters. The number of fused-ring (bicyclic) bond motifs is 4. The van der Waals surface area contributed by atoms with Gasteiger partial charge in [-0.15, -0.1) is 0 Å². The van der Waals surface area contributed by atoms with Gasteiger partial charge in [0.2, 0.25) is 0 Å². The predicted octanol–water partition coefficient (Wildman–Crippen LogP) is 5.13. The number of rotatable bonds is 3. The summed E-state index contributed by atoms with van der Waals surface area (Å²) in [5, 5.41) is 0. The number of para-hydroxylation sites is 1. The van der Waals surface area contributed by atoms with Crippen LogP contribution in [0.1, 0.15) is 35.6 Å². The van der Waals surface area contributed by atoms with Gasteiger partial charge in [-0.2, -0.15) is 0 Å². The first kappa shape index (κ1) is 17.7. The van der Waals surface area contributed by atoms with E-state index in [4.69, 9.17) is 9.47 Å². The van der Waals surface area contributed by atoms with E-state index < -0.39 is 0 Å². The largest absolute Gasteiger partial charge is 0.492 e. The first-order valence-corrected chi connectivity index (χ1v) is 10.0. The average Bonchev–Trinajstić information content (AvgIpc) is 3.14. The number of carbonyl (C=O) groups is 1. The molecule has 0 amide bonds. The highest BCUT2D eigenvalue weighted by Gasteiger charge is 2.48. The van der Waals surface area contributed by atoms with Crippen LogP contribution >= 0.6 is 0 Å². The summed E-state index contributed by atoms with van der Waals surface area (Å²) < 4.78 is 11.6. The van der Waals surface area contributed by atoms with E-state index in [1.807, 2.05) is 49.4 Å². The van der Waals surface area contributed by atoms with Crippen LogP contribution in [0.15, 0.2) is 84.4 Å². The lowest BCUT2D eigenvalue weighted by atomic mass is 9.64. The molecule has 2 aliphatic rings. The summed E-state index contributed by atoms with van der Waals surface area (Å²) in [4.78, 5) is 13.1. The highest BCUT2D eigenvalue weighted by Crippen LogP contribution is 2.53. The minimum Gasteiger partial charge on any atom is -0.492 e. The Labute approximate surface area is 170 Å². The molecule has 144 valence electrons. The number of benzene rings is 3. The smallest absolute Gasteiger partial charge is 0.334 e. The Kier molecular flexibility index (Phi) is 4.24. The van der Waals surface area contributed by atoms with Crippen LogP contribution < -0.4 is 4.74 Å². The maximum Gasteiger partial charge on any atom is 0.334 e. The van der Waals surface area contributed by atoms with Crippen molar-refractivity contribution in [1.29, 1.82) is 0 Å². The Morgan fingerprint density at radius 1 is 0.931 bits per heavy atom. The lowest BCUT2D eigenvalue weighted by molar-refractivity contribution is -0.138. The van der Waals surface area contributed by atoms with E-state index in [-0.39, 0.29) is 11.4 Å². The van der Waals surface area contributed by atoms with Gasteiger partial charge in [-0.1, -0.05) is 72.8 Å². The van der Waals surface area contributed by atoms with Crippen molar-refractivity contribution in [1.82, 2.24) is 0 Å². The maximum atomic E-state index is 13.1. The molecule has 0 radical (unpaired) electrons. The number of hydrogen-bond donors (Lipinski definition) is 0. The molecule has 0 aromatic heterocycles. The topological polar surface area (TPSA) is 35.5 Å². The fourth-order valence-electron chi connectivity index (χ4n) is 4.73. The predicted molar refractivity (Wildman–Crippen MR) is 113 cm³/mol. The molecule has 1 unspecified atom stereocenters. The summed E-state index contributed by atoms with van der Waals surface area (Å²) in [6, 6.07) is 26.7. The highest BCUT2D eigenvalue weighted by molar-refractivity contribution is 6.04. The van der Waals surface area contributed by atoms with E-state index in [2.05, 4.69) is 36.4 Å². The Morgan fingerprint density at radius 2 is 1.62 bits per heavy atom. The van der Waals surface area contributed by atoms with Crippen LogP contribution in [0.2, 0.25) is 0 Å². The molecule has 0 saturated heterocycles. The van der Waals surface area contributed by atoms with Gasteiger partial charge in [0, 0.05) is 11.1 Å². The molecule has 3 heteroatoms. The number of esters is 1. The van der Waals surface area contributed by atoms with Crippen molar-refractivity contribution in [3.63, 3.8) is 0 Å². The summed E-state index contributed by atoms with van der Waals surface area (Å²) in [5.74, 6) is 0.651. The molecule has 5 rings (SSSR count). The van der Waals surface area contributed by atoms with Crippen molar-refractivity contribution in [2.24, 2.45) is 0 Å². The fraction of sp³-hybridized carbons (Fsp3) is 0.192. The molecule has 0 saturated carbocycles. The zero-order chi connectivity index (χ0) is 19.8. The lowest BCUT2D eigenvalue weighted by Gasteiger charge is -2.37. The van der Waals surface area contributed by atoms with E-state index in [0.29, 0.717) is 19.6 Å². The van der Waals surface area contributed by atoms with Gasteiger partial charge in [0.25, 0.3) is 0 Å². The monoisotopic (exact) mass is 382 g/mol. The minimum absolute atomic E-state index is 0.246. The molecule has 0 N–H and O–H groups in total. The van der Waals surface area contributed by atoms with E-state index in [9.17, 15) is 4.79 Å². The third kappa shape index (κ3) is 2.69. The van der Waals surface area contributed by atoms with Crippen LogP contribution in [-0.2, 0) is 14.9 Å². The molecule has 29 heavy (non-hydrogen) atoms. The zero-order valence-electron chi connectivity index (χ0n) is 16.4. The van der Waals surface area contributed by atoms with Gasteiger partial charge in [0.1, 0.15) is 12.4 Å². The first-order chi connectivity index (χ1) is 14.2. The van der Waals surface area contributed by atoms with Crippen molar-refractivity contribution in [2.45, 2.75) is 18.8 Å². The molecular formula is C26H22O3. The maximum absolute atomic E-state index is 13.1. The molecule has 1 heterocycles. The van der Waals surface area contributed by atoms with Crippen LogP contribution in [0.3, 0.4) is 0 Å². The number of carbonyl (C=O) groups excluding carboxylic acids is 1. The Balaban J connectivity index is 1.80. The number of ether oxygens (including phenoxy) is 2. The molecule has 0 fully saturated rings. The van der Waals surface area contributed by atoms with Crippen molar-refractivity contribution < 1.29 is 14.3 Å². The van der Waals surface area contributed by atoms with Crippen LogP contribution in [0.4, 0.5) is 0 Å². The van der Waals surface area contributed by atoms with Gasteiger partial charge >= 0.3 is 5.97 Å². The first-order valence-electron chi connectivity index (χ1n) is 10.0. The van der Waals surface area contributed by atoms with Crippen LogP contribution in [0.5, 0.6) is 5.75 Å². The molecular weight excluding hydrogens is 360 g/mol. The van der Waals surface area contributed by atoms with Gasteiger partial charge in [-0.3, -0.25) is 0 Å². The van der Waals surface area contributed by atoms with Gasteiger partial charge in [0.05, 0.1) is 12.0 Å². The standard InChI is InChI=1S/C26H22O3/c1-2-28-25(27)20-16-26(17-29-23-15-9-8-14-22(23)26)21-13-7-6-12-19(21)24(20)18-10-4-3-5-11-18/h3-15H,2,16-17H2,1H3. The normalized spacial score (nSPS) is 19.5. The number of hydrogen-bond acceptors (Lipinski definition) is 3. The second-order valence-corrected chi connectivity index (χ2v) is 7.53. The fourth-order valence-corrected chi connectivity index (χ4v) is 4.73. The van der Waals surface area contributed by atoms with Crippen molar-refractivity contribution >= 4 is 11.5 Å². The third-order valence-corrected chi connectivity index (χ3v) is 5.95. The summed E-state index contributed by atoms with van der Waals surface area (Å²) in [6.45, 7) is 2.72. The molecule has 1 aliphatic heterocycles. The molecule has 3 aromatic rings. The quantitative estimate of drug-likeness (QED) is 0.589. The lowest BCUT2D eigenvalue weighted by Crippen LogP contribution is -2.36. The van der Waals surface area contributed by atoms with Crippen LogP contribution in [-0.4, -0.2) is 19.2 Å². The molecule has 3 aromatic carbocycles. The zero-order valence-corrected chi connectivity index (χ0v) is 16.4. The SMILES string of the molecule is CCOC(=O)C1=C(c2ccccc2)c2ccccc2C2(COc3ccccc32)C1. The van der Waals surface area contributed by atoms with E-state index in [1.165, 1.54) is 5.56 Å². The molecule has 0 bridgehead atoms. The third-order valence-electron chi connectivity index (χ3n) is 5.95. The Morgan fingerprint density at radius 3 is 2.41 bits per heavy atom. The summed E-state index contributed by atoms with van der Waals surface area (Å²) >= 11 is 0. The van der Waals surface area contributed by atoms with Gasteiger partial charge in [0.15, 0.2) is 0 Å². The molecule has 1 aliphatic carbocycles. The summed E-state index contributed by atoms with van der Waals surface area (Å²) in [5.41, 5.74) is 5.76. The summed E-state index contributed by atoms with van der Waals surface area (Å²) in [6.07, 6.45) is 0.560. The van der Waals surface area contributed by atoms with Gasteiger partial charge < -0.3 is 9.47 Å². The molecule has 3 nitrogen and oxygen atoms in total. The second kappa shape index (κ2) is 6.93. The second-order valence-electron chi connectivity index (χ2n) is 7.53. The Hall–Kier alpha value is -3.33. The van der Waals surface area contributed by atoms with Gasteiger partial charge in [-0.05, 0) is 41.7 Å². The molecule has 1 spiro atoms. The van der Waals surface area contributed by atoms with E-state index in [0.717, 1.165) is 33.6 Å². The van der Waals surface area contributed by atoms with Crippen LogP contribution in [0, 0.1) is 0 Å². The summed E-state index contributed by atoms with van der Waals surface area (Å²) in [7, 11) is 0. The van der Waals surface area contributed by atoms with Crippen molar-refractivity contribution in [3.8, 4) is 5.75 Å². The Bertz CT molecular complexity index is 1110.